The first kappa shape index (κ1) is 26.1. The van der Waals surface area contributed by atoms with Gasteiger partial charge in [0.25, 0.3) is 0 Å². The zero-order chi connectivity index (χ0) is 24.9. The molecule has 2 aromatic rings. The lowest BCUT2D eigenvalue weighted by Crippen LogP contribution is -2.49. The molecule has 0 amide bonds. The molecule has 34 heavy (non-hydrogen) atoms. The Morgan fingerprint density at radius 3 is 2.62 bits per heavy atom. The second-order valence-corrected chi connectivity index (χ2v) is 11.1. The molecule has 9 heteroatoms. The van der Waals surface area contributed by atoms with Crippen molar-refractivity contribution in [2.45, 2.75) is 51.3 Å². The van der Waals surface area contributed by atoms with E-state index in [0.717, 1.165) is 5.56 Å². The van der Waals surface area contributed by atoms with Crippen LogP contribution in [-0.4, -0.2) is 71.6 Å². The Labute approximate surface area is 203 Å². The van der Waals surface area contributed by atoms with Gasteiger partial charge in [0.1, 0.15) is 23.1 Å². The van der Waals surface area contributed by atoms with E-state index in [4.69, 9.17) is 4.74 Å². The summed E-state index contributed by atoms with van der Waals surface area (Å²) in [4.78, 5) is 10.3. The number of fused-ring (bicyclic) bond motifs is 1. The van der Waals surface area contributed by atoms with E-state index in [2.05, 4.69) is 26.7 Å². The molecule has 0 saturated heterocycles. The average Bonchev–Trinajstić information content (AvgIpc) is 2.80. The number of aromatic nitrogens is 2. The third-order valence-electron chi connectivity index (χ3n) is 5.73. The Morgan fingerprint density at radius 2 is 1.97 bits per heavy atom. The summed E-state index contributed by atoms with van der Waals surface area (Å²) in [6.07, 6.45) is 4.76. The van der Waals surface area contributed by atoms with E-state index < -0.39 is 16.1 Å². The van der Waals surface area contributed by atoms with Crippen molar-refractivity contribution in [1.82, 2.24) is 19.2 Å². The quantitative estimate of drug-likeness (QED) is 0.627. The Balaban J connectivity index is 1.99. The second-order valence-electron chi connectivity index (χ2n) is 9.27. The van der Waals surface area contributed by atoms with Gasteiger partial charge in [-0.3, -0.25) is 4.90 Å². The molecule has 0 fully saturated rings. The van der Waals surface area contributed by atoms with E-state index >= 15 is 0 Å². The van der Waals surface area contributed by atoms with Crippen molar-refractivity contribution in [2.24, 2.45) is 11.8 Å². The highest BCUT2D eigenvalue weighted by atomic mass is 32.2. The molecule has 0 aliphatic carbocycles. The summed E-state index contributed by atoms with van der Waals surface area (Å²) in [7, 11) is -1.88. The zero-order valence-electron chi connectivity index (χ0n) is 20.5. The number of hydrogen-bond donors (Lipinski definition) is 1. The summed E-state index contributed by atoms with van der Waals surface area (Å²) in [6, 6.07) is 4.42. The van der Waals surface area contributed by atoms with Crippen LogP contribution in [0, 0.1) is 23.7 Å². The van der Waals surface area contributed by atoms with E-state index in [1.165, 1.54) is 10.6 Å². The predicted molar refractivity (Wildman–Crippen MR) is 131 cm³/mol. The standard InChI is InChI=1S/C25H34N4O4S/c1-18(2)6-7-21-8-9-25-23(10-21)33-24(15-28(5)14-22-11-26-17-27-12-22)19(3)13-29(20(4)16-30)34(25,31)32/h8-12,17-20,24,30H,13-16H2,1-5H3/t19-,20-,24-/m0/s1. The molecular formula is C25H34N4O4S. The minimum Gasteiger partial charge on any atom is -0.487 e. The monoisotopic (exact) mass is 486 g/mol. The molecule has 2 heterocycles. The van der Waals surface area contributed by atoms with Gasteiger partial charge in [-0.1, -0.05) is 32.6 Å². The molecule has 1 N–H and O–H groups in total. The fourth-order valence-corrected chi connectivity index (χ4v) is 5.67. The molecule has 8 nitrogen and oxygen atoms in total. The first-order valence-electron chi connectivity index (χ1n) is 11.5. The minimum atomic E-state index is -3.87. The van der Waals surface area contributed by atoms with Crippen LogP contribution in [0.5, 0.6) is 5.75 Å². The van der Waals surface area contributed by atoms with Crippen molar-refractivity contribution in [3.05, 3.63) is 48.0 Å². The number of likely N-dealkylation sites (N-methyl/N-ethyl adjacent to an activating group) is 1. The topological polar surface area (TPSA) is 95.9 Å². The molecule has 184 valence electrons. The number of aliphatic hydroxyl groups excluding tert-OH is 1. The van der Waals surface area contributed by atoms with Gasteiger partial charge in [0.2, 0.25) is 10.0 Å². The van der Waals surface area contributed by atoms with Crippen molar-refractivity contribution in [2.75, 3.05) is 26.7 Å². The van der Waals surface area contributed by atoms with Gasteiger partial charge in [0, 0.05) is 61.0 Å². The van der Waals surface area contributed by atoms with Gasteiger partial charge in [-0.2, -0.15) is 4.31 Å². The largest absolute Gasteiger partial charge is 0.487 e. The molecule has 1 aromatic heterocycles. The molecule has 1 aliphatic heterocycles. The molecule has 1 aliphatic rings. The van der Waals surface area contributed by atoms with Crippen LogP contribution >= 0.6 is 0 Å². The normalized spacial score (nSPS) is 21.1. The molecule has 1 aromatic carbocycles. The van der Waals surface area contributed by atoms with Gasteiger partial charge in [0.15, 0.2) is 0 Å². The number of rotatable bonds is 6. The molecule has 0 bridgehead atoms. The summed E-state index contributed by atoms with van der Waals surface area (Å²) in [5.74, 6) is 6.57. The van der Waals surface area contributed by atoms with E-state index in [-0.39, 0.29) is 36.0 Å². The van der Waals surface area contributed by atoms with E-state index in [1.807, 2.05) is 27.8 Å². The number of nitrogens with zero attached hydrogens (tertiary/aromatic N) is 4. The maximum absolute atomic E-state index is 13.5. The first-order chi connectivity index (χ1) is 16.1. The van der Waals surface area contributed by atoms with Crippen molar-refractivity contribution in [1.29, 1.82) is 0 Å². The van der Waals surface area contributed by atoms with Crippen LogP contribution in [0.15, 0.2) is 41.8 Å². The molecule has 3 rings (SSSR count). The summed E-state index contributed by atoms with van der Waals surface area (Å²) >= 11 is 0. The van der Waals surface area contributed by atoms with Gasteiger partial charge >= 0.3 is 0 Å². The fourth-order valence-electron chi connectivity index (χ4n) is 3.84. The third kappa shape index (κ3) is 6.33. The molecule has 0 spiro atoms. The van der Waals surface area contributed by atoms with Crippen LogP contribution in [0.25, 0.3) is 0 Å². The summed E-state index contributed by atoms with van der Waals surface area (Å²) in [6.45, 7) is 8.87. The predicted octanol–water partition coefficient (Wildman–Crippen LogP) is 2.38. The van der Waals surface area contributed by atoms with Crippen LogP contribution in [0.2, 0.25) is 0 Å². The van der Waals surface area contributed by atoms with Crippen molar-refractivity contribution < 1.29 is 18.3 Å². The second kappa shape index (κ2) is 11.3. The van der Waals surface area contributed by atoms with Crippen molar-refractivity contribution in [3.8, 4) is 17.6 Å². The molecule has 3 atom stereocenters. The summed E-state index contributed by atoms with van der Waals surface area (Å²) in [5.41, 5.74) is 1.68. The van der Waals surface area contributed by atoms with Crippen LogP contribution in [0.3, 0.4) is 0 Å². The minimum absolute atomic E-state index is 0.0962. The SMILES string of the molecule is CC(C)C#Cc1ccc2c(c1)O[C@@H](CN(C)Cc1cncnc1)[C@@H](C)CN([C@@H](C)CO)S2(=O)=O. The number of ether oxygens (including phenoxy) is 1. The van der Waals surface area contributed by atoms with Crippen LogP contribution < -0.4 is 4.74 Å². The summed E-state index contributed by atoms with van der Waals surface area (Å²) < 4.78 is 34.9. The zero-order valence-corrected chi connectivity index (χ0v) is 21.3. The van der Waals surface area contributed by atoms with Crippen molar-refractivity contribution in [3.63, 3.8) is 0 Å². The van der Waals surface area contributed by atoms with Crippen LogP contribution in [0.1, 0.15) is 38.8 Å². The average molecular weight is 487 g/mol. The lowest BCUT2D eigenvalue weighted by molar-refractivity contribution is 0.0733. The maximum Gasteiger partial charge on any atom is 0.247 e. The van der Waals surface area contributed by atoms with Gasteiger partial charge in [-0.25, -0.2) is 18.4 Å². The molecule has 0 saturated carbocycles. The third-order valence-corrected chi connectivity index (χ3v) is 7.75. The first-order valence-corrected chi connectivity index (χ1v) is 12.9. The maximum atomic E-state index is 13.5. The van der Waals surface area contributed by atoms with Gasteiger partial charge < -0.3 is 9.84 Å². The van der Waals surface area contributed by atoms with Crippen molar-refractivity contribution >= 4 is 10.0 Å². The summed E-state index contributed by atoms with van der Waals surface area (Å²) in [5, 5.41) is 9.78. The smallest absolute Gasteiger partial charge is 0.247 e. The van der Waals surface area contributed by atoms with Gasteiger partial charge in [-0.15, -0.1) is 0 Å². The Kier molecular flexibility index (Phi) is 8.66. The van der Waals surface area contributed by atoms with Gasteiger partial charge in [0.05, 0.1) is 6.61 Å². The molecule has 0 unspecified atom stereocenters. The highest BCUT2D eigenvalue weighted by molar-refractivity contribution is 7.89. The van der Waals surface area contributed by atoms with Crippen LogP contribution in [-0.2, 0) is 16.6 Å². The Morgan fingerprint density at radius 1 is 1.26 bits per heavy atom. The number of hydrogen-bond acceptors (Lipinski definition) is 7. The highest BCUT2D eigenvalue weighted by Gasteiger charge is 2.38. The van der Waals surface area contributed by atoms with E-state index in [9.17, 15) is 13.5 Å². The fraction of sp³-hybridized carbons (Fsp3) is 0.520. The Bertz CT molecular complexity index is 1130. The number of sulfonamides is 1. The lowest BCUT2D eigenvalue weighted by atomic mass is 10.0. The van der Waals surface area contributed by atoms with E-state index in [0.29, 0.717) is 24.4 Å². The van der Waals surface area contributed by atoms with E-state index in [1.54, 1.807) is 37.5 Å². The number of benzene rings is 1. The molecular weight excluding hydrogens is 452 g/mol. The molecule has 0 radical (unpaired) electrons. The van der Waals surface area contributed by atoms with Crippen LogP contribution in [0.4, 0.5) is 0 Å². The Hall–Kier alpha value is -2.51. The lowest BCUT2D eigenvalue weighted by Gasteiger charge is -2.37. The number of aliphatic hydroxyl groups is 1. The highest BCUT2D eigenvalue weighted by Crippen LogP contribution is 2.34. The van der Waals surface area contributed by atoms with Gasteiger partial charge in [-0.05, 0) is 32.2 Å².